The van der Waals surface area contributed by atoms with Crippen LogP contribution in [0.25, 0.3) is 0 Å². The number of benzene rings is 1. The smallest absolute Gasteiger partial charge is 0.159 e. The van der Waals surface area contributed by atoms with Crippen LogP contribution >= 0.6 is 0 Å². The number of aliphatic hydroxyl groups excluding tert-OH is 3. The summed E-state index contributed by atoms with van der Waals surface area (Å²) in [6.45, 7) is 1.38. The van der Waals surface area contributed by atoms with Crippen LogP contribution in [-0.2, 0) is 11.3 Å². The molecule has 1 saturated heterocycles. The van der Waals surface area contributed by atoms with Crippen LogP contribution in [0, 0.1) is 0 Å². The van der Waals surface area contributed by atoms with Gasteiger partial charge in [0.15, 0.2) is 5.78 Å². The molecule has 0 unspecified atom stereocenters. The van der Waals surface area contributed by atoms with Crippen molar-refractivity contribution in [3.8, 4) is 5.75 Å². The number of aliphatic hydroxyl groups is 3. The molecule has 0 amide bonds. The molecule has 0 aliphatic carbocycles. The van der Waals surface area contributed by atoms with E-state index in [1.807, 2.05) is 0 Å². The van der Waals surface area contributed by atoms with E-state index in [0.29, 0.717) is 17.0 Å². The second-order valence-corrected chi connectivity index (χ2v) is 6.16. The zero-order valence-corrected chi connectivity index (χ0v) is 14.2. The Balaban J connectivity index is 1.60. The predicted molar refractivity (Wildman–Crippen MR) is 88.7 cm³/mol. The van der Waals surface area contributed by atoms with E-state index in [4.69, 9.17) is 14.6 Å². The van der Waals surface area contributed by atoms with Crippen LogP contribution < -0.4 is 4.74 Å². The molecule has 0 bridgehead atoms. The lowest BCUT2D eigenvalue weighted by Gasteiger charge is -2.36. The molecule has 9 nitrogen and oxygen atoms in total. The molecule has 4 atom stereocenters. The van der Waals surface area contributed by atoms with Gasteiger partial charge in [0, 0.05) is 5.56 Å². The first-order valence-electron chi connectivity index (χ1n) is 8.22. The van der Waals surface area contributed by atoms with E-state index in [-0.39, 0.29) is 25.6 Å². The Morgan fingerprint density at radius 1 is 1.31 bits per heavy atom. The molecule has 3 rings (SSSR count). The minimum atomic E-state index is -1.21. The zero-order valence-electron chi connectivity index (χ0n) is 14.2. The van der Waals surface area contributed by atoms with Gasteiger partial charge in [-0.1, -0.05) is 5.21 Å². The summed E-state index contributed by atoms with van der Waals surface area (Å²) in [6, 6.07) is 6.16. The van der Waals surface area contributed by atoms with Crippen molar-refractivity contribution in [2.24, 2.45) is 0 Å². The molecule has 1 aromatic heterocycles. The summed E-state index contributed by atoms with van der Waals surface area (Å²) in [5.41, 5.74) is 1.14. The van der Waals surface area contributed by atoms with Crippen LogP contribution in [0.1, 0.15) is 29.0 Å². The summed E-state index contributed by atoms with van der Waals surface area (Å²) in [5.74, 6) is 0.574. The van der Waals surface area contributed by atoms with Gasteiger partial charge in [-0.3, -0.25) is 4.79 Å². The number of hydrogen-bond acceptors (Lipinski definition) is 8. The highest BCUT2D eigenvalue weighted by Gasteiger charge is 2.39. The maximum atomic E-state index is 11.3. The van der Waals surface area contributed by atoms with Crippen molar-refractivity contribution in [1.29, 1.82) is 0 Å². The second-order valence-electron chi connectivity index (χ2n) is 6.16. The van der Waals surface area contributed by atoms with Crippen molar-refractivity contribution >= 4 is 5.78 Å². The van der Waals surface area contributed by atoms with Crippen molar-refractivity contribution in [2.75, 3.05) is 13.2 Å². The van der Waals surface area contributed by atoms with Crippen molar-refractivity contribution in [2.45, 2.75) is 37.9 Å². The molecule has 1 aromatic carbocycles. The summed E-state index contributed by atoms with van der Waals surface area (Å²) >= 11 is 0. The number of aromatic nitrogens is 3. The Kier molecular flexibility index (Phi) is 5.62. The molecule has 140 valence electrons. The van der Waals surface area contributed by atoms with E-state index in [1.165, 1.54) is 11.6 Å². The molecule has 1 fully saturated rings. The fourth-order valence-corrected chi connectivity index (χ4v) is 2.75. The first-order valence-corrected chi connectivity index (χ1v) is 8.22. The van der Waals surface area contributed by atoms with Crippen molar-refractivity contribution < 1.29 is 29.6 Å². The molecular formula is C17H21N3O6. The lowest BCUT2D eigenvalue weighted by molar-refractivity contribution is -0.171. The van der Waals surface area contributed by atoms with Crippen molar-refractivity contribution in [3.63, 3.8) is 0 Å². The molecule has 26 heavy (non-hydrogen) atoms. The number of carbonyl (C=O) groups is 1. The highest BCUT2D eigenvalue weighted by atomic mass is 16.5. The van der Waals surface area contributed by atoms with Crippen LogP contribution in [-0.4, -0.2) is 67.6 Å². The van der Waals surface area contributed by atoms with Gasteiger partial charge in [0.05, 0.1) is 19.4 Å². The Labute approximate surface area is 149 Å². The number of carbonyl (C=O) groups excluding carboxylic acids is 1. The van der Waals surface area contributed by atoms with E-state index >= 15 is 0 Å². The average Bonchev–Trinajstić information content (AvgIpc) is 3.11. The van der Waals surface area contributed by atoms with Crippen molar-refractivity contribution in [1.82, 2.24) is 15.0 Å². The second kappa shape index (κ2) is 7.92. The number of rotatable bonds is 6. The highest BCUT2D eigenvalue weighted by Crippen LogP contribution is 2.24. The molecule has 1 aliphatic heterocycles. The Morgan fingerprint density at radius 3 is 2.69 bits per heavy atom. The maximum Gasteiger partial charge on any atom is 0.159 e. The minimum Gasteiger partial charge on any atom is -0.487 e. The SMILES string of the molecule is CC(=O)c1ccc(OCc2cn([C@H]3CO[C@H](CO)[C@H](O)[C@@H]3O)nn2)cc1. The van der Waals surface area contributed by atoms with Gasteiger partial charge in [0.25, 0.3) is 0 Å². The van der Waals surface area contributed by atoms with Gasteiger partial charge in [0.2, 0.25) is 0 Å². The summed E-state index contributed by atoms with van der Waals surface area (Å²) in [6.07, 6.45) is -1.55. The van der Waals surface area contributed by atoms with E-state index in [2.05, 4.69) is 10.3 Å². The monoisotopic (exact) mass is 363 g/mol. The largest absolute Gasteiger partial charge is 0.487 e. The number of ether oxygens (including phenoxy) is 2. The molecule has 9 heteroatoms. The molecule has 1 aliphatic rings. The summed E-state index contributed by atoms with van der Waals surface area (Å²) < 4.78 is 12.4. The summed E-state index contributed by atoms with van der Waals surface area (Å²) in [4.78, 5) is 11.3. The number of nitrogens with zero attached hydrogens (tertiary/aromatic N) is 3. The number of ketones is 1. The third-order valence-corrected chi connectivity index (χ3v) is 4.33. The fourth-order valence-electron chi connectivity index (χ4n) is 2.75. The van der Waals surface area contributed by atoms with E-state index in [9.17, 15) is 15.0 Å². The van der Waals surface area contributed by atoms with Gasteiger partial charge < -0.3 is 24.8 Å². The average molecular weight is 363 g/mol. The van der Waals surface area contributed by atoms with E-state index < -0.39 is 24.4 Å². The first kappa shape index (κ1) is 18.5. The molecule has 0 spiro atoms. The van der Waals surface area contributed by atoms with E-state index in [1.54, 1.807) is 30.5 Å². The molecule has 3 N–H and O–H groups in total. The summed E-state index contributed by atoms with van der Waals surface area (Å²) in [5, 5.41) is 37.2. The van der Waals surface area contributed by atoms with Crippen LogP contribution in [0.15, 0.2) is 30.5 Å². The van der Waals surface area contributed by atoms with Crippen LogP contribution in [0.3, 0.4) is 0 Å². The van der Waals surface area contributed by atoms with Gasteiger partial charge in [-0.2, -0.15) is 0 Å². The fraction of sp³-hybridized carbons (Fsp3) is 0.471. The third-order valence-electron chi connectivity index (χ3n) is 4.33. The Hall–Kier alpha value is -2.33. The molecular weight excluding hydrogens is 342 g/mol. The van der Waals surface area contributed by atoms with Crippen LogP contribution in [0.2, 0.25) is 0 Å². The Bertz CT molecular complexity index is 747. The lowest BCUT2D eigenvalue weighted by atomic mass is 9.98. The van der Waals surface area contributed by atoms with E-state index in [0.717, 1.165) is 0 Å². The highest BCUT2D eigenvalue weighted by molar-refractivity contribution is 5.94. The van der Waals surface area contributed by atoms with Crippen LogP contribution in [0.4, 0.5) is 0 Å². The summed E-state index contributed by atoms with van der Waals surface area (Å²) in [7, 11) is 0. The minimum absolute atomic E-state index is 0.0154. The van der Waals surface area contributed by atoms with Gasteiger partial charge in [0.1, 0.15) is 42.4 Å². The topological polar surface area (TPSA) is 127 Å². The standard InChI is InChI=1S/C17H21N3O6/c1-10(22)11-2-4-13(5-3-11)25-8-12-6-20(19-18-12)14-9-26-15(7-21)17(24)16(14)23/h2-6,14-17,21,23-24H,7-9H2,1H3/t14-,15+,16+,17-/m0/s1. The normalized spacial score (nSPS) is 25.8. The lowest BCUT2D eigenvalue weighted by Crippen LogP contribution is -2.52. The van der Waals surface area contributed by atoms with Gasteiger partial charge in [-0.25, -0.2) is 4.68 Å². The third kappa shape index (κ3) is 3.91. The predicted octanol–water partition coefficient (Wildman–Crippen LogP) is -0.286. The zero-order chi connectivity index (χ0) is 18.7. The number of hydrogen-bond donors (Lipinski definition) is 3. The molecule has 2 heterocycles. The number of Topliss-reactive ketones (excluding diaryl/α,β-unsaturated/α-hetero) is 1. The molecule has 2 aromatic rings. The first-order chi connectivity index (χ1) is 12.5. The van der Waals surface area contributed by atoms with Crippen LogP contribution in [0.5, 0.6) is 5.75 Å². The van der Waals surface area contributed by atoms with Gasteiger partial charge in [-0.15, -0.1) is 5.10 Å². The Morgan fingerprint density at radius 2 is 2.04 bits per heavy atom. The molecule has 0 radical (unpaired) electrons. The van der Waals surface area contributed by atoms with Gasteiger partial charge in [-0.05, 0) is 31.2 Å². The van der Waals surface area contributed by atoms with Crippen molar-refractivity contribution in [3.05, 3.63) is 41.7 Å². The maximum absolute atomic E-state index is 11.3. The quantitative estimate of drug-likeness (QED) is 0.598. The molecule has 0 saturated carbocycles. The van der Waals surface area contributed by atoms with Gasteiger partial charge >= 0.3 is 0 Å².